The van der Waals surface area contributed by atoms with Crippen molar-refractivity contribution in [2.45, 2.75) is 9.92 Å². The summed E-state index contributed by atoms with van der Waals surface area (Å²) >= 11 is 10.8. The Morgan fingerprint density at radius 1 is 1.26 bits per heavy atom. The molecular formula is C13H6BrClN4O2S2. The second kappa shape index (κ2) is 5.23. The second-order valence-corrected chi connectivity index (χ2v) is 8.68. The summed E-state index contributed by atoms with van der Waals surface area (Å²) in [6.45, 7) is 0. The van der Waals surface area contributed by atoms with Crippen molar-refractivity contribution in [1.29, 1.82) is 0 Å². The molecule has 0 aliphatic heterocycles. The third kappa shape index (κ3) is 2.26. The zero-order valence-corrected chi connectivity index (χ0v) is 15.1. The smallest absolute Gasteiger partial charge is 0.217 e. The number of rotatable bonds is 2. The van der Waals surface area contributed by atoms with Crippen LogP contribution in [0.5, 0.6) is 0 Å². The van der Waals surface area contributed by atoms with Crippen molar-refractivity contribution in [2.24, 2.45) is 0 Å². The third-order valence-corrected chi connectivity index (χ3v) is 6.68. The fourth-order valence-electron chi connectivity index (χ4n) is 2.21. The van der Waals surface area contributed by atoms with Crippen LogP contribution in [-0.4, -0.2) is 28.2 Å². The van der Waals surface area contributed by atoms with E-state index in [-0.39, 0.29) is 20.7 Å². The highest BCUT2D eigenvalue weighted by molar-refractivity contribution is 9.10. The van der Waals surface area contributed by atoms with Gasteiger partial charge in [-0.25, -0.2) is 13.4 Å². The predicted molar refractivity (Wildman–Crippen MR) is 90.8 cm³/mol. The van der Waals surface area contributed by atoms with Gasteiger partial charge in [-0.1, -0.05) is 38.8 Å². The number of thiophene rings is 1. The van der Waals surface area contributed by atoms with E-state index in [1.54, 1.807) is 18.2 Å². The zero-order valence-electron chi connectivity index (χ0n) is 11.1. The third-order valence-electron chi connectivity index (χ3n) is 3.24. The van der Waals surface area contributed by atoms with Crippen molar-refractivity contribution in [3.8, 4) is 0 Å². The van der Waals surface area contributed by atoms with Gasteiger partial charge in [0.05, 0.1) is 15.1 Å². The maximum absolute atomic E-state index is 12.8. The minimum Gasteiger partial charge on any atom is -0.217 e. The van der Waals surface area contributed by atoms with E-state index < -0.39 is 9.84 Å². The first-order chi connectivity index (χ1) is 11.0. The van der Waals surface area contributed by atoms with E-state index in [4.69, 9.17) is 11.6 Å². The van der Waals surface area contributed by atoms with Gasteiger partial charge in [-0.2, -0.15) is 4.52 Å². The van der Waals surface area contributed by atoms with E-state index in [2.05, 4.69) is 31.2 Å². The molecule has 0 radical (unpaired) electrons. The topological polar surface area (TPSA) is 77.2 Å². The molecule has 3 aromatic heterocycles. The molecule has 0 aliphatic carbocycles. The van der Waals surface area contributed by atoms with Crippen molar-refractivity contribution in [3.05, 3.63) is 45.3 Å². The Bertz CT molecular complexity index is 1170. The first-order valence-electron chi connectivity index (χ1n) is 6.27. The van der Waals surface area contributed by atoms with Gasteiger partial charge in [-0.15, -0.1) is 16.4 Å². The normalized spacial score (nSPS) is 12.3. The van der Waals surface area contributed by atoms with Crippen LogP contribution in [0.25, 0.3) is 15.9 Å². The van der Waals surface area contributed by atoms with Crippen LogP contribution < -0.4 is 0 Å². The minimum absolute atomic E-state index is 0.109. The first kappa shape index (κ1) is 15.0. The fraction of sp³-hybridized carbons (Fsp3) is 0. The van der Waals surface area contributed by atoms with Crippen LogP contribution in [0, 0.1) is 0 Å². The summed E-state index contributed by atoms with van der Waals surface area (Å²) in [6.07, 6.45) is 0. The molecule has 4 rings (SSSR count). The van der Waals surface area contributed by atoms with Crippen LogP contribution >= 0.6 is 38.9 Å². The molecule has 0 saturated carbocycles. The molecule has 0 bridgehead atoms. The Balaban J connectivity index is 2.04. The maximum Gasteiger partial charge on any atom is 0.229 e. The Morgan fingerprint density at radius 3 is 2.87 bits per heavy atom. The van der Waals surface area contributed by atoms with E-state index in [0.29, 0.717) is 9.99 Å². The zero-order chi connectivity index (χ0) is 16.2. The molecule has 1 aromatic carbocycles. The molecule has 6 nitrogen and oxygen atoms in total. The molecule has 116 valence electrons. The maximum atomic E-state index is 12.8. The van der Waals surface area contributed by atoms with Gasteiger partial charge in [-0.3, -0.25) is 0 Å². The summed E-state index contributed by atoms with van der Waals surface area (Å²) in [6, 6.07) is 8.18. The molecule has 0 unspecified atom stereocenters. The van der Waals surface area contributed by atoms with Crippen LogP contribution in [0.15, 0.2) is 50.1 Å². The summed E-state index contributed by atoms with van der Waals surface area (Å²) in [5.74, 6) is 0. The highest BCUT2D eigenvalue weighted by Gasteiger charge is 2.27. The molecule has 0 atom stereocenters. The van der Waals surface area contributed by atoms with Crippen LogP contribution in [0.4, 0.5) is 0 Å². The van der Waals surface area contributed by atoms with Crippen LogP contribution in [0.2, 0.25) is 5.15 Å². The highest BCUT2D eigenvalue weighted by Crippen LogP contribution is 2.31. The van der Waals surface area contributed by atoms with Gasteiger partial charge in [0, 0.05) is 4.47 Å². The number of halogens is 2. The van der Waals surface area contributed by atoms with Gasteiger partial charge >= 0.3 is 0 Å². The minimum atomic E-state index is -3.86. The Hall–Kier alpha value is -1.55. The van der Waals surface area contributed by atoms with E-state index in [0.717, 1.165) is 4.70 Å². The van der Waals surface area contributed by atoms with E-state index in [9.17, 15) is 8.42 Å². The predicted octanol–water partition coefficient (Wildman–Crippen LogP) is 3.59. The van der Waals surface area contributed by atoms with Gasteiger partial charge < -0.3 is 0 Å². The lowest BCUT2D eigenvalue weighted by Crippen LogP contribution is -2.04. The van der Waals surface area contributed by atoms with Crippen molar-refractivity contribution >= 4 is 64.6 Å². The molecule has 23 heavy (non-hydrogen) atoms. The molecule has 3 heterocycles. The SMILES string of the molecule is O=S(=O)(c1cccc(Br)c1)c1nnn2c1nc(Cl)c1sccc12. The average Bonchev–Trinajstić information content (AvgIpc) is 3.13. The summed E-state index contributed by atoms with van der Waals surface area (Å²) in [5.41, 5.74) is 0.786. The largest absolute Gasteiger partial charge is 0.229 e. The second-order valence-electron chi connectivity index (χ2n) is 4.63. The number of sulfone groups is 1. The van der Waals surface area contributed by atoms with Gasteiger partial charge in [0.1, 0.15) is 0 Å². The Labute approximate surface area is 147 Å². The molecule has 0 aliphatic rings. The van der Waals surface area contributed by atoms with Crippen LogP contribution in [0.3, 0.4) is 0 Å². The van der Waals surface area contributed by atoms with Crippen molar-refractivity contribution < 1.29 is 8.42 Å². The van der Waals surface area contributed by atoms with Crippen LogP contribution in [-0.2, 0) is 9.84 Å². The van der Waals surface area contributed by atoms with Crippen molar-refractivity contribution in [3.63, 3.8) is 0 Å². The number of hydrogen-bond donors (Lipinski definition) is 0. The standard InChI is InChI=1S/C13H6BrClN4O2S2/c14-7-2-1-3-8(6-7)23(20,21)13-12-16-11(15)10-9(4-5-22-10)19(12)18-17-13/h1-6H. The molecular weight excluding hydrogens is 424 g/mol. The molecule has 0 saturated heterocycles. The lowest BCUT2D eigenvalue weighted by Gasteiger charge is -2.02. The first-order valence-corrected chi connectivity index (χ1v) is 9.80. The molecule has 4 aromatic rings. The molecule has 0 amide bonds. The highest BCUT2D eigenvalue weighted by atomic mass is 79.9. The summed E-state index contributed by atoms with van der Waals surface area (Å²) in [7, 11) is -3.86. The fourth-order valence-corrected chi connectivity index (χ4v) is 5.10. The van der Waals surface area contributed by atoms with Gasteiger partial charge in [0.15, 0.2) is 10.8 Å². The lowest BCUT2D eigenvalue weighted by atomic mass is 10.4. The van der Waals surface area contributed by atoms with Gasteiger partial charge in [-0.05, 0) is 29.6 Å². The van der Waals surface area contributed by atoms with Gasteiger partial charge in [0.2, 0.25) is 14.9 Å². The average molecular weight is 430 g/mol. The molecule has 10 heteroatoms. The van der Waals surface area contributed by atoms with E-state index >= 15 is 0 Å². The quantitative estimate of drug-likeness (QED) is 0.455. The van der Waals surface area contributed by atoms with Crippen LogP contribution in [0.1, 0.15) is 0 Å². The number of hydrogen-bond acceptors (Lipinski definition) is 6. The summed E-state index contributed by atoms with van der Waals surface area (Å²) in [5, 5.41) is 9.62. The number of nitrogens with zero attached hydrogens (tertiary/aromatic N) is 4. The van der Waals surface area contributed by atoms with Crippen molar-refractivity contribution in [1.82, 2.24) is 19.8 Å². The molecule has 0 N–H and O–H groups in total. The Morgan fingerprint density at radius 2 is 2.09 bits per heavy atom. The van der Waals surface area contributed by atoms with Gasteiger partial charge in [0.25, 0.3) is 0 Å². The molecule has 0 fully saturated rings. The van der Waals surface area contributed by atoms with Crippen molar-refractivity contribution in [2.75, 3.05) is 0 Å². The van der Waals surface area contributed by atoms with E-state index in [1.807, 2.05) is 5.38 Å². The number of aromatic nitrogens is 4. The monoisotopic (exact) mass is 428 g/mol. The Kier molecular flexibility index (Phi) is 3.41. The van der Waals surface area contributed by atoms with E-state index in [1.165, 1.54) is 28.0 Å². The number of fused-ring (bicyclic) bond motifs is 3. The summed E-state index contributed by atoms with van der Waals surface area (Å²) in [4.78, 5) is 4.28. The number of benzene rings is 1. The molecule has 0 spiro atoms. The summed E-state index contributed by atoms with van der Waals surface area (Å²) < 4.78 is 28.4. The lowest BCUT2D eigenvalue weighted by molar-refractivity contribution is 0.592.